The maximum atomic E-state index is 5.89. The van der Waals surface area contributed by atoms with Gasteiger partial charge in [0.15, 0.2) is 0 Å². The molecular weight excluding hydrogens is 168 g/mol. The van der Waals surface area contributed by atoms with Crippen molar-refractivity contribution >= 4 is 11.8 Å². The second-order valence-corrected chi connectivity index (χ2v) is 5.03. The predicted octanol–water partition coefficient (Wildman–Crippen LogP) is 0.917. The second-order valence-electron chi connectivity index (χ2n) is 3.93. The molecule has 0 aromatic rings. The highest BCUT2D eigenvalue weighted by molar-refractivity contribution is 7.99. The van der Waals surface area contributed by atoms with Gasteiger partial charge in [-0.3, -0.25) is 4.90 Å². The Hall–Kier alpha value is 0.270. The van der Waals surface area contributed by atoms with Crippen LogP contribution in [0.1, 0.15) is 19.3 Å². The standard InChI is InChI=1S/C9H18N2S/c10-7-9(11-4-2-5-11)3-1-6-12-8-9/h1-8,10H2. The summed E-state index contributed by atoms with van der Waals surface area (Å²) in [5.41, 5.74) is 6.28. The highest BCUT2D eigenvalue weighted by atomic mass is 32.2. The summed E-state index contributed by atoms with van der Waals surface area (Å²) in [5, 5.41) is 0. The molecule has 1 unspecified atom stereocenters. The van der Waals surface area contributed by atoms with Crippen LogP contribution in [0.3, 0.4) is 0 Å². The molecule has 2 heterocycles. The number of thioether (sulfide) groups is 1. The van der Waals surface area contributed by atoms with Crippen molar-refractivity contribution < 1.29 is 0 Å². The van der Waals surface area contributed by atoms with Crippen molar-refractivity contribution in [3.05, 3.63) is 0 Å². The zero-order valence-electron chi connectivity index (χ0n) is 7.59. The van der Waals surface area contributed by atoms with Gasteiger partial charge in [-0.1, -0.05) is 0 Å². The Kier molecular flexibility index (Phi) is 2.63. The Labute approximate surface area is 78.9 Å². The highest BCUT2D eigenvalue weighted by Crippen LogP contribution is 2.34. The molecule has 0 spiro atoms. The van der Waals surface area contributed by atoms with Gasteiger partial charge < -0.3 is 5.73 Å². The minimum Gasteiger partial charge on any atom is -0.329 e. The van der Waals surface area contributed by atoms with E-state index >= 15 is 0 Å². The lowest BCUT2D eigenvalue weighted by atomic mass is 9.90. The van der Waals surface area contributed by atoms with Crippen molar-refractivity contribution in [1.82, 2.24) is 4.90 Å². The molecule has 2 nitrogen and oxygen atoms in total. The fourth-order valence-corrected chi connectivity index (χ4v) is 3.49. The van der Waals surface area contributed by atoms with E-state index in [1.807, 2.05) is 0 Å². The molecular formula is C9H18N2S. The van der Waals surface area contributed by atoms with Gasteiger partial charge in [-0.15, -0.1) is 0 Å². The molecule has 2 rings (SSSR count). The smallest absolute Gasteiger partial charge is 0.0422 e. The lowest BCUT2D eigenvalue weighted by Gasteiger charge is -2.50. The van der Waals surface area contributed by atoms with Gasteiger partial charge in [-0.05, 0) is 38.1 Å². The summed E-state index contributed by atoms with van der Waals surface area (Å²) in [4.78, 5) is 2.60. The van der Waals surface area contributed by atoms with E-state index in [9.17, 15) is 0 Å². The van der Waals surface area contributed by atoms with Crippen LogP contribution >= 0.6 is 11.8 Å². The normalized spacial score (nSPS) is 37.8. The third-order valence-electron chi connectivity index (χ3n) is 3.21. The molecule has 0 aromatic heterocycles. The second kappa shape index (κ2) is 3.56. The molecule has 2 fully saturated rings. The molecule has 0 bridgehead atoms. The maximum Gasteiger partial charge on any atom is 0.0422 e. The minimum absolute atomic E-state index is 0.390. The van der Waals surface area contributed by atoms with Crippen LogP contribution in [0.2, 0.25) is 0 Å². The van der Waals surface area contributed by atoms with E-state index in [0.29, 0.717) is 5.54 Å². The van der Waals surface area contributed by atoms with Gasteiger partial charge in [-0.25, -0.2) is 0 Å². The van der Waals surface area contributed by atoms with Crippen molar-refractivity contribution in [1.29, 1.82) is 0 Å². The molecule has 0 amide bonds. The fourth-order valence-electron chi connectivity index (χ4n) is 2.17. The first-order valence-corrected chi connectivity index (χ1v) is 6.06. The minimum atomic E-state index is 0.390. The average Bonchev–Trinajstić information content (AvgIpc) is 2.03. The zero-order valence-corrected chi connectivity index (χ0v) is 8.41. The molecule has 12 heavy (non-hydrogen) atoms. The molecule has 2 aliphatic heterocycles. The Morgan fingerprint density at radius 1 is 1.33 bits per heavy atom. The molecule has 2 N–H and O–H groups in total. The largest absolute Gasteiger partial charge is 0.329 e. The summed E-state index contributed by atoms with van der Waals surface area (Å²) in [5.74, 6) is 2.61. The molecule has 2 saturated heterocycles. The van der Waals surface area contributed by atoms with E-state index in [-0.39, 0.29) is 0 Å². The van der Waals surface area contributed by atoms with Crippen LogP contribution < -0.4 is 5.73 Å². The summed E-state index contributed by atoms with van der Waals surface area (Å²) < 4.78 is 0. The number of nitrogens with two attached hydrogens (primary N) is 1. The molecule has 0 saturated carbocycles. The van der Waals surface area contributed by atoms with Gasteiger partial charge in [0.1, 0.15) is 0 Å². The van der Waals surface area contributed by atoms with Crippen LogP contribution in [0, 0.1) is 0 Å². The first-order chi connectivity index (χ1) is 5.87. The topological polar surface area (TPSA) is 29.3 Å². The first-order valence-electron chi connectivity index (χ1n) is 4.90. The van der Waals surface area contributed by atoms with E-state index in [1.165, 1.54) is 43.9 Å². The third kappa shape index (κ3) is 1.38. The molecule has 0 radical (unpaired) electrons. The summed E-state index contributed by atoms with van der Waals surface area (Å²) in [6, 6.07) is 0. The molecule has 70 valence electrons. The lowest BCUT2D eigenvalue weighted by molar-refractivity contribution is 0.0428. The van der Waals surface area contributed by atoms with Crippen molar-refractivity contribution in [2.45, 2.75) is 24.8 Å². The maximum absolute atomic E-state index is 5.89. The molecule has 3 heteroatoms. The van der Waals surface area contributed by atoms with E-state index < -0.39 is 0 Å². The summed E-state index contributed by atoms with van der Waals surface area (Å²) in [6.45, 7) is 3.44. The van der Waals surface area contributed by atoms with E-state index in [2.05, 4.69) is 16.7 Å². The van der Waals surface area contributed by atoms with Crippen LogP contribution in [0.25, 0.3) is 0 Å². The summed E-state index contributed by atoms with van der Waals surface area (Å²) in [6.07, 6.45) is 4.07. The van der Waals surface area contributed by atoms with Crippen LogP contribution in [-0.4, -0.2) is 41.6 Å². The van der Waals surface area contributed by atoms with Crippen molar-refractivity contribution in [2.75, 3.05) is 31.1 Å². The molecule has 0 aromatic carbocycles. The van der Waals surface area contributed by atoms with Crippen LogP contribution in [0.5, 0.6) is 0 Å². The van der Waals surface area contributed by atoms with Gasteiger partial charge >= 0.3 is 0 Å². The molecule has 2 aliphatic rings. The van der Waals surface area contributed by atoms with E-state index in [4.69, 9.17) is 5.73 Å². The Bertz CT molecular complexity index is 151. The monoisotopic (exact) mass is 186 g/mol. The van der Waals surface area contributed by atoms with Crippen LogP contribution in [0.15, 0.2) is 0 Å². The van der Waals surface area contributed by atoms with Crippen molar-refractivity contribution in [3.8, 4) is 0 Å². The predicted molar refractivity (Wildman–Crippen MR) is 54.5 cm³/mol. The number of rotatable bonds is 2. The number of hydrogen-bond donors (Lipinski definition) is 1. The SMILES string of the molecule is NCC1(N2CCC2)CCCSC1. The van der Waals surface area contributed by atoms with Gasteiger partial charge in [0.05, 0.1) is 0 Å². The van der Waals surface area contributed by atoms with Gasteiger partial charge in [0.2, 0.25) is 0 Å². The van der Waals surface area contributed by atoms with E-state index in [1.54, 1.807) is 0 Å². The Morgan fingerprint density at radius 2 is 2.17 bits per heavy atom. The Morgan fingerprint density at radius 3 is 2.58 bits per heavy atom. The number of nitrogens with zero attached hydrogens (tertiary/aromatic N) is 1. The molecule has 0 aliphatic carbocycles. The summed E-state index contributed by atoms with van der Waals surface area (Å²) >= 11 is 2.08. The summed E-state index contributed by atoms with van der Waals surface area (Å²) in [7, 11) is 0. The van der Waals surface area contributed by atoms with Gasteiger partial charge in [0, 0.05) is 17.8 Å². The lowest BCUT2D eigenvalue weighted by Crippen LogP contribution is -2.61. The third-order valence-corrected chi connectivity index (χ3v) is 4.53. The average molecular weight is 186 g/mol. The highest BCUT2D eigenvalue weighted by Gasteiger charge is 2.39. The van der Waals surface area contributed by atoms with E-state index in [0.717, 1.165) is 6.54 Å². The number of hydrogen-bond acceptors (Lipinski definition) is 3. The van der Waals surface area contributed by atoms with Crippen molar-refractivity contribution in [3.63, 3.8) is 0 Å². The fraction of sp³-hybridized carbons (Fsp3) is 1.00. The van der Waals surface area contributed by atoms with Crippen LogP contribution in [-0.2, 0) is 0 Å². The zero-order chi connectivity index (χ0) is 8.44. The number of likely N-dealkylation sites (tertiary alicyclic amines) is 1. The van der Waals surface area contributed by atoms with Crippen molar-refractivity contribution in [2.24, 2.45) is 5.73 Å². The van der Waals surface area contributed by atoms with Gasteiger partial charge in [0.25, 0.3) is 0 Å². The molecule has 1 atom stereocenters. The first kappa shape index (κ1) is 8.85. The van der Waals surface area contributed by atoms with Crippen LogP contribution in [0.4, 0.5) is 0 Å². The quantitative estimate of drug-likeness (QED) is 0.695. The Balaban J connectivity index is 2.00. The van der Waals surface area contributed by atoms with Gasteiger partial charge in [-0.2, -0.15) is 11.8 Å².